The number of para-hydroxylation sites is 4. The summed E-state index contributed by atoms with van der Waals surface area (Å²) in [4.78, 5) is 95.1. The molecule has 1 fully saturated rings. The molecule has 0 unspecified atom stereocenters. The number of carbonyl (C=O) groups is 2. The van der Waals surface area contributed by atoms with Gasteiger partial charge in [0.25, 0.3) is 11.1 Å². The van der Waals surface area contributed by atoms with Crippen LogP contribution in [0.1, 0.15) is 77.0 Å². The fraction of sp³-hybridized carbons (Fsp3) is 0.450. The summed E-state index contributed by atoms with van der Waals surface area (Å²) in [5, 5.41) is 6.24. The molecule has 5 aliphatic rings. The maximum Gasteiger partial charge on any atom is 0.352 e. The van der Waals surface area contributed by atoms with Crippen molar-refractivity contribution in [3.63, 3.8) is 0 Å². The molecule has 2 aromatic rings. The summed E-state index contributed by atoms with van der Waals surface area (Å²) in [6.45, 7) is 0.369. The van der Waals surface area contributed by atoms with Crippen molar-refractivity contribution < 1.29 is 9.59 Å². The smallest absolute Gasteiger partial charge is 0.351 e. The minimum Gasteiger partial charge on any atom is -0.351 e. The molecule has 2 amide bonds. The second-order valence-corrected chi connectivity index (χ2v) is 14.6. The first-order chi connectivity index (χ1) is 27.1. The zero-order valence-corrected chi connectivity index (χ0v) is 31.7. The molecule has 16 nitrogen and oxygen atoms in total. The molecule has 1 aliphatic carbocycles. The number of unbranched alkanes of at least 4 members (excludes halogenated alkanes) is 4. The molecule has 2 aromatic carbocycles. The number of benzene rings is 2. The summed E-state index contributed by atoms with van der Waals surface area (Å²) in [5.74, 6) is 0.301. The van der Waals surface area contributed by atoms with E-state index >= 15 is 0 Å². The van der Waals surface area contributed by atoms with Crippen LogP contribution in [0.25, 0.3) is 45.1 Å². The van der Waals surface area contributed by atoms with Gasteiger partial charge in [-0.1, -0.05) is 49.9 Å². The van der Waals surface area contributed by atoms with E-state index < -0.39 is 22.5 Å². The molecule has 4 heterocycles. The number of carbonyl (C=O) groups excluding carboxylic acids is 2. The standard InChI is InChI=1S/C40H46N10O6/c1-47-29-19-11-9-17-27(29)43-33-35(47)45-39(55)49(37(33)53)23-13-3-5-21-31(51)41-25-15-7-8-16-26(25)42-32(52)22-6-4-14-24-50-38(54)34-36(46-40(50)56)48(2)30-20-12-10-18-28(30)44-34/h9-12,17-20,25-26H,3-8,13-16,21-24H2,1-2H3,(H,41,51)(H,42,52)/t25-,26-/m1/s1. The SMILES string of the molecule is Cn1c2nc(=O)n(CCCCCC(=O)N[C@@H]3CCCC[C@H]3NC(=O)CCCCCn3c(=O)nc4n(C)c5ccccc5nc-4c3=O)c(=O)c-2nc2ccccc21. The van der Waals surface area contributed by atoms with Gasteiger partial charge in [0.05, 0.1) is 22.1 Å². The van der Waals surface area contributed by atoms with E-state index in [1.54, 1.807) is 23.2 Å². The molecular weight excluding hydrogens is 717 g/mol. The summed E-state index contributed by atoms with van der Waals surface area (Å²) in [6, 6.07) is 14.4. The van der Waals surface area contributed by atoms with Gasteiger partial charge < -0.3 is 19.8 Å². The van der Waals surface area contributed by atoms with Gasteiger partial charge in [-0.3, -0.25) is 28.3 Å². The molecule has 7 rings (SSSR count). The maximum absolute atomic E-state index is 13.2. The predicted octanol–water partition coefficient (Wildman–Crippen LogP) is 2.87. The fourth-order valence-corrected chi connectivity index (χ4v) is 7.74. The van der Waals surface area contributed by atoms with Crippen LogP contribution in [-0.4, -0.2) is 62.1 Å². The lowest BCUT2D eigenvalue weighted by Gasteiger charge is -2.33. The molecule has 0 bridgehead atoms. The van der Waals surface area contributed by atoms with Gasteiger partial charge in [0.1, 0.15) is 0 Å². The van der Waals surface area contributed by atoms with Crippen molar-refractivity contribution in [2.45, 2.75) is 102 Å². The van der Waals surface area contributed by atoms with Gasteiger partial charge in [0.2, 0.25) is 11.8 Å². The molecular formula is C40H46N10O6. The predicted molar refractivity (Wildman–Crippen MR) is 211 cm³/mol. The first-order valence-corrected chi connectivity index (χ1v) is 19.4. The largest absolute Gasteiger partial charge is 0.352 e. The number of rotatable bonds is 14. The average molecular weight is 763 g/mol. The second-order valence-electron chi connectivity index (χ2n) is 14.6. The lowest BCUT2D eigenvalue weighted by Crippen LogP contribution is -2.53. The number of nitrogens with zero attached hydrogens (tertiary/aromatic N) is 8. The zero-order valence-electron chi connectivity index (χ0n) is 31.7. The minimum atomic E-state index is -0.618. The highest BCUT2D eigenvalue weighted by atomic mass is 16.2. The van der Waals surface area contributed by atoms with Crippen LogP contribution in [0, 0.1) is 0 Å². The Morgan fingerprint density at radius 1 is 0.589 bits per heavy atom. The van der Waals surface area contributed by atoms with Crippen molar-refractivity contribution in [3.05, 3.63) is 90.2 Å². The molecule has 1 saturated carbocycles. The number of fused-ring (bicyclic) bond motifs is 4. The van der Waals surface area contributed by atoms with Crippen molar-refractivity contribution in [2.75, 3.05) is 0 Å². The molecule has 2 atom stereocenters. The molecule has 0 saturated heterocycles. The number of hydrogen-bond acceptors (Lipinski definition) is 10. The Kier molecular flexibility index (Phi) is 11.4. The third-order valence-electron chi connectivity index (χ3n) is 10.8. The molecule has 16 heteroatoms. The van der Waals surface area contributed by atoms with Gasteiger partial charge in [-0.25, -0.2) is 19.6 Å². The van der Waals surface area contributed by atoms with Gasteiger partial charge in [-0.15, -0.1) is 0 Å². The quantitative estimate of drug-likeness (QED) is 0.123. The van der Waals surface area contributed by atoms with Gasteiger partial charge >= 0.3 is 11.4 Å². The molecule has 0 spiro atoms. The Morgan fingerprint density at radius 3 is 1.43 bits per heavy atom. The number of aromatic nitrogens is 8. The highest BCUT2D eigenvalue weighted by molar-refractivity contribution is 5.80. The Bertz CT molecular complexity index is 2410. The third kappa shape index (κ3) is 8.00. The molecule has 4 aliphatic heterocycles. The van der Waals surface area contributed by atoms with Crippen LogP contribution in [-0.2, 0) is 36.8 Å². The van der Waals surface area contributed by atoms with Gasteiger partial charge in [-0.2, -0.15) is 9.97 Å². The lowest BCUT2D eigenvalue weighted by molar-refractivity contribution is -0.125. The van der Waals surface area contributed by atoms with E-state index in [1.165, 1.54) is 0 Å². The Hall–Kier alpha value is -6.06. The van der Waals surface area contributed by atoms with Crippen LogP contribution in [0.3, 0.4) is 0 Å². The topological polar surface area (TPSA) is 198 Å². The van der Waals surface area contributed by atoms with E-state index in [4.69, 9.17) is 0 Å². The molecule has 2 N–H and O–H groups in total. The number of amides is 2. The molecule has 56 heavy (non-hydrogen) atoms. The van der Waals surface area contributed by atoms with E-state index in [9.17, 15) is 28.8 Å². The van der Waals surface area contributed by atoms with E-state index in [2.05, 4.69) is 30.6 Å². The highest BCUT2D eigenvalue weighted by Gasteiger charge is 2.28. The third-order valence-corrected chi connectivity index (χ3v) is 10.8. The summed E-state index contributed by atoms with van der Waals surface area (Å²) in [7, 11) is 3.51. The van der Waals surface area contributed by atoms with Gasteiger partial charge in [-0.05, 0) is 62.8 Å². The fourth-order valence-electron chi connectivity index (χ4n) is 7.74. The van der Waals surface area contributed by atoms with Crippen molar-refractivity contribution in [2.24, 2.45) is 14.1 Å². The normalized spacial score (nSPS) is 15.8. The monoisotopic (exact) mass is 762 g/mol. The Morgan fingerprint density at radius 2 is 1.00 bits per heavy atom. The average Bonchev–Trinajstić information content (AvgIpc) is 3.19. The lowest BCUT2D eigenvalue weighted by atomic mass is 9.90. The minimum absolute atomic E-state index is 0.0953. The van der Waals surface area contributed by atoms with Crippen molar-refractivity contribution in [1.29, 1.82) is 0 Å². The van der Waals surface area contributed by atoms with Crippen LogP contribution in [0.15, 0.2) is 67.7 Å². The molecule has 292 valence electrons. The van der Waals surface area contributed by atoms with Crippen molar-refractivity contribution in [1.82, 2.24) is 48.8 Å². The number of hydrogen-bond donors (Lipinski definition) is 2. The molecule has 0 radical (unpaired) electrons. The highest BCUT2D eigenvalue weighted by Crippen LogP contribution is 2.21. The zero-order chi connectivity index (χ0) is 39.3. The Labute approximate surface area is 321 Å². The van der Waals surface area contributed by atoms with Crippen LogP contribution < -0.4 is 33.1 Å². The van der Waals surface area contributed by atoms with E-state index in [0.717, 1.165) is 45.9 Å². The number of aryl methyl sites for hydroxylation is 2. The van der Waals surface area contributed by atoms with Crippen LogP contribution >= 0.6 is 0 Å². The Balaban J connectivity index is 0.842. The second kappa shape index (κ2) is 16.8. The van der Waals surface area contributed by atoms with E-state index in [0.29, 0.717) is 62.4 Å². The molecule has 0 aromatic heterocycles. The van der Waals surface area contributed by atoms with Crippen LogP contribution in [0.4, 0.5) is 0 Å². The van der Waals surface area contributed by atoms with Crippen LogP contribution in [0.5, 0.6) is 0 Å². The van der Waals surface area contributed by atoms with Gasteiger partial charge in [0, 0.05) is 52.1 Å². The first kappa shape index (κ1) is 38.2. The van der Waals surface area contributed by atoms with Gasteiger partial charge in [0.15, 0.2) is 23.0 Å². The van der Waals surface area contributed by atoms with E-state index in [1.807, 2.05) is 48.5 Å². The first-order valence-electron chi connectivity index (χ1n) is 19.4. The summed E-state index contributed by atoms with van der Waals surface area (Å²) in [5.41, 5.74) is 0.929. The maximum atomic E-state index is 13.2. The van der Waals surface area contributed by atoms with E-state index in [-0.39, 0.29) is 60.0 Å². The summed E-state index contributed by atoms with van der Waals surface area (Å²) < 4.78 is 5.64. The summed E-state index contributed by atoms with van der Waals surface area (Å²) in [6.07, 6.45) is 7.54. The van der Waals surface area contributed by atoms with Crippen molar-refractivity contribution >= 4 is 33.9 Å². The van der Waals surface area contributed by atoms with Crippen LogP contribution in [0.2, 0.25) is 0 Å². The number of nitrogens with one attached hydrogen (secondary N) is 2. The summed E-state index contributed by atoms with van der Waals surface area (Å²) >= 11 is 0. The van der Waals surface area contributed by atoms with Crippen molar-refractivity contribution in [3.8, 4) is 23.0 Å².